The van der Waals surface area contributed by atoms with Gasteiger partial charge in [0.1, 0.15) is 5.69 Å². The molecule has 0 radical (unpaired) electrons. The van der Waals surface area contributed by atoms with Gasteiger partial charge in [-0.2, -0.15) is 13.2 Å². The molecule has 0 bridgehead atoms. The zero-order valence-corrected chi connectivity index (χ0v) is 11.9. The molecule has 7 heteroatoms. The van der Waals surface area contributed by atoms with E-state index in [1.807, 2.05) is 0 Å². The zero-order valence-electron chi connectivity index (χ0n) is 11.9. The van der Waals surface area contributed by atoms with E-state index in [1.54, 1.807) is 19.0 Å². The maximum Gasteiger partial charge on any atom is 0.416 e. The van der Waals surface area contributed by atoms with Crippen molar-refractivity contribution in [1.29, 1.82) is 0 Å². The highest BCUT2D eigenvalue weighted by Gasteiger charge is 2.30. The lowest BCUT2D eigenvalue weighted by Crippen LogP contribution is -2.04. The summed E-state index contributed by atoms with van der Waals surface area (Å²) in [7, 11) is 3.50. The molecular weight excluding hydrogens is 297 g/mol. The normalized spacial score (nSPS) is 11.9. The quantitative estimate of drug-likeness (QED) is 0.639. The standard InChI is InChI=1S/C15H13F3N2O2/c1-20(2)7-6-13(21)14-9-12(19-22-14)10-4-3-5-11(8-10)15(16,17)18/h3-9H,1-2H3/b7-6+. The van der Waals surface area contributed by atoms with Crippen LogP contribution in [0.15, 0.2) is 47.1 Å². The van der Waals surface area contributed by atoms with Gasteiger partial charge in [-0.25, -0.2) is 0 Å². The van der Waals surface area contributed by atoms with Gasteiger partial charge in [-0.1, -0.05) is 17.3 Å². The number of halogens is 3. The van der Waals surface area contributed by atoms with Crippen LogP contribution in [-0.2, 0) is 6.18 Å². The summed E-state index contributed by atoms with van der Waals surface area (Å²) in [6, 6.07) is 5.99. The minimum Gasteiger partial charge on any atom is -0.383 e. The van der Waals surface area contributed by atoms with Crippen LogP contribution in [0.3, 0.4) is 0 Å². The summed E-state index contributed by atoms with van der Waals surface area (Å²) < 4.78 is 42.9. The lowest BCUT2D eigenvalue weighted by atomic mass is 10.1. The fourth-order valence-electron chi connectivity index (χ4n) is 1.68. The van der Waals surface area contributed by atoms with Crippen molar-refractivity contribution in [1.82, 2.24) is 10.1 Å². The largest absolute Gasteiger partial charge is 0.416 e. The Morgan fingerprint density at radius 2 is 2.00 bits per heavy atom. The zero-order chi connectivity index (χ0) is 16.3. The third kappa shape index (κ3) is 3.75. The number of ketones is 1. The molecule has 116 valence electrons. The van der Waals surface area contributed by atoms with Crippen molar-refractivity contribution in [2.24, 2.45) is 0 Å². The maximum atomic E-state index is 12.7. The number of allylic oxidation sites excluding steroid dienone is 1. The molecule has 0 aliphatic rings. The van der Waals surface area contributed by atoms with Crippen LogP contribution in [0.2, 0.25) is 0 Å². The lowest BCUT2D eigenvalue weighted by Gasteiger charge is -2.06. The molecule has 1 heterocycles. The van der Waals surface area contributed by atoms with Gasteiger partial charge in [-0.3, -0.25) is 4.79 Å². The predicted octanol–water partition coefficient (Wildman–Crippen LogP) is 3.62. The Morgan fingerprint density at radius 1 is 1.27 bits per heavy atom. The van der Waals surface area contributed by atoms with Gasteiger partial charge in [-0.05, 0) is 12.1 Å². The van der Waals surface area contributed by atoms with Gasteiger partial charge in [-0.15, -0.1) is 0 Å². The molecule has 1 aromatic carbocycles. The molecule has 0 fully saturated rings. The van der Waals surface area contributed by atoms with Crippen molar-refractivity contribution in [3.05, 3.63) is 53.9 Å². The van der Waals surface area contributed by atoms with E-state index < -0.39 is 17.5 Å². The Morgan fingerprint density at radius 3 is 2.64 bits per heavy atom. The minimum absolute atomic E-state index is 0.0366. The van der Waals surface area contributed by atoms with Gasteiger partial charge in [0.15, 0.2) is 0 Å². The second-order valence-electron chi connectivity index (χ2n) is 4.80. The summed E-state index contributed by atoms with van der Waals surface area (Å²) in [5, 5.41) is 3.65. The Bertz CT molecular complexity index is 703. The van der Waals surface area contributed by atoms with Gasteiger partial charge in [0, 0.05) is 38.0 Å². The Labute approximate surface area is 124 Å². The molecule has 0 aliphatic heterocycles. The van der Waals surface area contributed by atoms with E-state index in [1.165, 1.54) is 30.5 Å². The molecule has 22 heavy (non-hydrogen) atoms. The number of hydrogen-bond donors (Lipinski definition) is 0. The van der Waals surface area contributed by atoms with Crippen LogP contribution in [0, 0.1) is 0 Å². The smallest absolute Gasteiger partial charge is 0.383 e. The van der Waals surface area contributed by atoms with E-state index in [0.29, 0.717) is 0 Å². The second kappa shape index (κ2) is 6.05. The summed E-state index contributed by atoms with van der Waals surface area (Å²) in [4.78, 5) is 13.5. The SMILES string of the molecule is CN(C)/C=C/C(=O)c1cc(-c2cccc(C(F)(F)F)c2)no1. The van der Waals surface area contributed by atoms with Crippen LogP contribution in [0.25, 0.3) is 11.3 Å². The fraction of sp³-hybridized carbons (Fsp3) is 0.200. The molecular formula is C15H13F3N2O2. The van der Waals surface area contributed by atoms with Crippen LogP contribution >= 0.6 is 0 Å². The van der Waals surface area contributed by atoms with Gasteiger partial charge < -0.3 is 9.42 Å². The van der Waals surface area contributed by atoms with Crippen molar-refractivity contribution in [2.45, 2.75) is 6.18 Å². The first kappa shape index (κ1) is 15.8. The first-order valence-corrected chi connectivity index (χ1v) is 6.30. The molecule has 0 N–H and O–H groups in total. The van der Waals surface area contributed by atoms with E-state index >= 15 is 0 Å². The topological polar surface area (TPSA) is 46.3 Å². The predicted molar refractivity (Wildman–Crippen MR) is 74.1 cm³/mol. The van der Waals surface area contributed by atoms with Gasteiger partial charge >= 0.3 is 6.18 Å². The van der Waals surface area contributed by atoms with Crippen LogP contribution in [0.4, 0.5) is 13.2 Å². The van der Waals surface area contributed by atoms with Crippen LogP contribution in [0.1, 0.15) is 16.1 Å². The number of aromatic nitrogens is 1. The second-order valence-corrected chi connectivity index (χ2v) is 4.80. The fourth-order valence-corrected chi connectivity index (χ4v) is 1.68. The minimum atomic E-state index is -4.44. The number of alkyl halides is 3. The summed E-state index contributed by atoms with van der Waals surface area (Å²) in [6.45, 7) is 0. The molecule has 0 saturated carbocycles. The molecule has 1 aromatic heterocycles. The Balaban J connectivity index is 2.27. The lowest BCUT2D eigenvalue weighted by molar-refractivity contribution is -0.137. The molecule has 0 amide bonds. The number of carbonyl (C=O) groups is 1. The van der Waals surface area contributed by atoms with E-state index in [-0.39, 0.29) is 17.0 Å². The third-order valence-corrected chi connectivity index (χ3v) is 2.76. The molecule has 0 spiro atoms. The first-order chi connectivity index (χ1) is 10.3. The van der Waals surface area contributed by atoms with Gasteiger partial charge in [0.05, 0.1) is 5.56 Å². The van der Waals surface area contributed by atoms with Crippen molar-refractivity contribution in [3.8, 4) is 11.3 Å². The highest BCUT2D eigenvalue weighted by Crippen LogP contribution is 2.32. The van der Waals surface area contributed by atoms with E-state index in [4.69, 9.17) is 4.52 Å². The molecule has 0 aliphatic carbocycles. The van der Waals surface area contributed by atoms with Crippen molar-refractivity contribution in [3.63, 3.8) is 0 Å². The number of hydrogen-bond acceptors (Lipinski definition) is 4. The molecule has 4 nitrogen and oxygen atoms in total. The highest BCUT2D eigenvalue weighted by atomic mass is 19.4. The summed E-state index contributed by atoms with van der Waals surface area (Å²) in [6.07, 6.45) is -1.61. The maximum absolute atomic E-state index is 12.7. The molecule has 0 saturated heterocycles. The van der Waals surface area contributed by atoms with E-state index in [0.717, 1.165) is 12.1 Å². The summed E-state index contributed by atoms with van der Waals surface area (Å²) in [5.41, 5.74) is -0.379. The van der Waals surface area contributed by atoms with Crippen molar-refractivity contribution >= 4 is 5.78 Å². The van der Waals surface area contributed by atoms with Crippen LogP contribution in [-0.4, -0.2) is 29.9 Å². The van der Waals surface area contributed by atoms with Crippen molar-refractivity contribution in [2.75, 3.05) is 14.1 Å². The van der Waals surface area contributed by atoms with Crippen LogP contribution in [0.5, 0.6) is 0 Å². The van der Waals surface area contributed by atoms with E-state index in [2.05, 4.69) is 5.16 Å². The molecule has 0 atom stereocenters. The monoisotopic (exact) mass is 310 g/mol. The molecule has 0 unspecified atom stereocenters. The summed E-state index contributed by atoms with van der Waals surface area (Å²) >= 11 is 0. The number of nitrogens with zero attached hydrogens (tertiary/aromatic N) is 2. The average Bonchev–Trinajstić information content (AvgIpc) is 2.94. The summed E-state index contributed by atoms with van der Waals surface area (Å²) in [5.74, 6) is -0.454. The van der Waals surface area contributed by atoms with Gasteiger partial charge in [0.25, 0.3) is 0 Å². The number of rotatable bonds is 4. The third-order valence-electron chi connectivity index (χ3n) is 2.76. The number of benzene rings is 1. The highest BCUT2D eigenvalue weighted by molar-refractivity contribution is 6.02. The van der Waals surface area contributed by atoms with Gasteiger partial charge in [0.2, 0.25) is 11.5 Å². The molecule has 2 rings (SSSR count). The van der Waals surface area contributed by atoms with Crippen molar-refractivity contribution < 1.29 is 22.5 Å². The number of carbonyl (C=O) groups excluding carboxylic acids is 1. The van der Waals surface area contributed by atoms with Crippen LogP contribution < -0.4 is 0 Å². The Kier molecular flexibility index (Phi) is 4.35. The molecule has 2 aromatic rings. The van der Waals surface area contributed by atoms with E-state index in [9.17, 15) is 18.0 Å². The average molecular weight is 310 g/mol. The first-order valence-electron chi connectivity index (χ1n) is 6.30. The Hall–Kier alpha value is -2.57.